The molecule has 0 saturated heterocycles. The first-order chi connectivity index (χ1) is 18.2. The molecule has 0 saturated carbocycles. The van der Waals surface area contributed by atoms with Crippen molar-refractivity contribution in [2.24, 2.45) is 0 Å². The Hall–Kier alpha value is -2.12. The van der Waals surface area contributed by atoms with E-state index in [2.05, 4.69) is 135 Å². The first-order valence-electron chi connectivity index (χ1n) is 13.3. The maximum absolute atomic E-state index is 6.65. The van der Waals surface area contributed by atoms with Crippen molar-refractivity contribution in [2.75, 3.05) is 25.5 Å². The van der Waals surface area contributed by atoms with E-state index in [1.54, 1.807) is 0 Å². The van der Waals surface area contributed by atoms with Gasteiger partial charge in [0.25, 0.3) is 0 Å². The van der Waals surface area contributed by atoms with Gasteiger partial charge in [-0.05, 0) is 75.3 Å². The quantitative estimate of drug-likeness (QED) is 0.129. The lowest BCUT2D eigenvalue weighted by atomic mass is 10.4. The van der Waals surface area contributed by atoms with E-state index in [1.165, 1.54) is 21.2 Å². The standard InChI is InChI=1S/C32H38O2P2Si/c1-3-33-37(34-4-2,27-25-35(29-17-9-5-10-18-29)30-19-11-6-12-20-30)28-26-36(31-21-13-7-14-22-31)32-23-15-8-16-24-32/h5-24H,3-4,25-28H2,1-2H3. The topological polar surface area (TPSA) is 18.5 Å². The fourth-order valence-corrected chi connectivity index (χ4v) is 15.0. The molecule has 5 heteroatoms. The zero-order chi connectivity index (χ0) is 25.8. The zero-order valence-electron chi connectivity index (χ0n) is 22.0. The maximum Gasteiger partial charge on any atom is 0.338 e. The van der Waals surface area contributed by atoms with Gasteiger partial charge in [-0.15, -0.1) is 0 Å². The van der Waals surface area contributed by atoms with Gasteiger partial charge in [-0.2, -0.15) is 0 Å². The highest BCUT2D eigenvalue weighted by atomic mass is 31.1. The third-order valence-electron chi connectivity index (χ3n) is 6.52. The predicted octanol–water partition coefficient (Wildman–Crippen LogP) is 6.77. The summed E-state index contributed by atoms with van der Waals surface area (Å²) < 4.78 is 13.3. The minimum Gasteiger partial charge on any atom is -0.394 e. The lowest BCUT2D eigenvalue weighted by Crippen LogP contribution is -2.44. The summed E-state index contributed by atoms with van der Waals surface area (Å²) in [5, 5.41) is 5.71. The van der Waals surface area contributed by atoms with Gasteiger partial charge in [-0.1, -0.05) is 121 Å². The Bertz CT molecular complexity index is 987. The van der Waals surface area contributed by atoms with Crippen LogP contribution >= 0.6 is 15.8 Å². The average molecular weight is 545 g/mol. The summed E-state index contributed by atoms with van der Waals surface area (Å²) in [5.41, 5.74) is 0. The molecule has 0 aliphatic rings. The number of benzene rings is 4. The van der Waals surface area contributed by atoms with Gasteiger partial charge >= 0.3 is 8.56 Å². The molecule has 0 amide bonds. The molecule has 0 fully saturated rings. The van der Waals surface area contributed by atoms with Crippen LogP contribution in [0.4, 0.5) is 0 Å². The largest absolute Gasteiger partial charge is 0.394 e. The zero-order valence-corrected chi connectivity index (χ0v) is 24.8. The Morgan fingerprint density at radius 3 is 0.973 bits per heavy atom. The van der Waals surface area contributed by atoms with E-state index in [4.69, 9.17) is 8.85 Å². The minimum atomic E-state index is -2.42. The Kier molecular flexibility index (Phi) is 11.1. The van der Waals surface area contributed by atoms with Crippen molar-refractivity contribution in [1.29, 1.82) is 0 Å². The third-order valence-corrected chi connectivity index (χ3v) is 16.0. The van der Waals surface area contributed by atoms with Gasteiger partial charge in [0.1, 0.15) is 0 Å². The van der Waals surface area contributed by atoms with E-state index in [9.17, 15) is 0 Å². The monoisotopic (exact) mass is 544 g/mol. The molecule has 0 atom stereocenters. The summed E-state index contributed by atoms with van der Waals surface area (Å²) in [5.74, 6) is 0. The normalized spacial score (nSPS) is 11.8. The molecule has 4 aromatic rings. The van der Waals surface area contributed by atoms with Crippen LogP contribution in [0, 0.1) is 0 Å². The van der Waals surface area contributed by atoms with E-state index in [-0.39, 0.29) is 0 Å². The van der Waals surface area contributed by atoms with Gasteiger partial charge in [0.15, 0.2) is 0 Å². The van der Waals surface area contributed by atoms with Gasteiger partial charge in [0.2, 0.25) is 0 Å². The maximum atomic E-state index is 6.65. The van der Waals surface area contributed by atoms with Crippen LogP contribution in [-0.2, 0) is 8.85 Å². The molecule has 192 valence electrons. The second-order valence-corrected chi connectivity index (χ2v) is 17.0. The molecule has 37 heavy (non-hydrogen) atoms. The Morgan fingerprint density at radius 1 is 0.459 bits per heavy atom. The van der Waals surface area contributed by atoms with E-state index >= 15 is 0 Å². The molecule has 0 bridgehead atoms. The Labute approximate surface area is 226 Å². The van der Waals surface area contributed by atoms with Crippen LogP contribution in [0.1, 0.15) is 13.8 Å². The summed E-state index contributed by atoms with van der Waals surface area (Å²) in [6, 6.07) is 46.0. The molecular weight excluding hydrogens is 506 g/mol. The molecule has 0 radical (unpaired) electrons. The van der Waals surface area contributed by atoms with Crippen molar-refractivity contribution >= 4 is 45.6 Å². The van der Waals surface area contributed by atoms with Crippen molar-refractivity contribution in [3.63, 3.8) is 0 Å². The molecule has 0 N–H and O–H groups in total. The minimum absolute atomic E-state index is 0.470. The molecule has 0 aliphatic heterocycles. The second-order valence-electron chi connectivity index (χ2n) is 8.92. The van der Waals surface area contributed by atoms with Gasteiger partial charge in [0, 0.05) is 13.2 Å². The van der Waals surface area contributed by atoms with E-state index in [0.717, 1.165) is 24.4 Å². The predicted molar refractivity (Wildman–Crippen MR) is 166 cm³/mol. The van der Waals surface area contributed by atoms with E-state index < -0.39 is 24.4 Å². The Morgan fingerprint density at radius 2 is 0.730 bits per heavy atom. The molecular formula is C32H38O2P2Si. The van der Waals surface area contributed by atoms with Gasteiger partial charge in [-0.3, -0.25) is 0 Å². The lowest BCUT2D eigenvalue weighted by molar-refractivity contribution is 0.185. The summed E-state index contributed by atoms with van der Waals surface area (Å²) >= 11 is 0. The summed E-state index contributed by atoms with van der Waals surface area (Å²) in [6.45, 7) is 5.65. The van der Waals surface area contributed by atoms with Gasteiger partial charge < -0.3 is 8.85 Å². The smallest absolute Gasteiger partial charge is 0.338 e. The molecule has 0 heterocycles. The van der Waals surface area contributed by atoms with Crippen LogP contribution in [-0.4, -0.2) is 34.1 Å². The number of hydrogen-bond donors (Lipinski definition) is 0. The van der Waals surface area contributed by atoms with Gasteiger partial charge in [0.05, 0.1) is 0 Å². The van der Waals surface area contributed by atoms with Crippen LogP contribution < -0.4 is 21.2 Å². The molecule has 0 unspecified atom stereocenters. The number of rotatable bonds is 14. The van der Waals surface area contributed by atoms with E-state index in [0.29, 0.717) is 13.2 Å². The Balaban J connectivity index is 1.59. The molecule has 4 aromatic carbocycles. The fourth-order valence-electron chi connectivity index (χ4n) is 4.79. The van der Waals surface area contributed by atoms with Crippen molar-refractivity contribution in [3.05, 3.63) is 121 Å². The summed E-state index contributed by atoms with van der Waals surface area (Å²) in [6.07, 6.45) is 2.17. The van der Waals surface area contributed by atoms with Crippen molar-refractivity contribution < 1.29 is 8.85 Å². The van der Waals surface area contributed by atoms with Crippen molar-refractivity contribution in [1.82, 2.24) is 0 Å². The van der Waals surface area contributed by atoms with Crippen LogP contribution in [0.3, 0.4) is 0 Å². The average Bonchev–Trinajstić information content (AvgIpc) is 2.96. The molecule has 2 nitrogen and oxygen atoms in total. The molecule has 4 rings (SSSR count). The van der Waals surface area contributed by atoms with E-state index in [1.807, 2.05) is 0 Å². The second kappa shape index (κ2) is 14.7. The third kappa shape index (κ3) is 7.93. The first kappa shape index (κ1) is 27.9. The molecule has 0 aromatic heterocycles. The van der Waals surface area contributed by atoms with Crippen LogP contribution in [0.5, 0.6) is 0 Å². The molecule has 0 aliphatic carbocycles. The lowest BCUT2D eigenvalue weighted by Gasteiger charge is -2.33. The van der Waals surface area contributed by atoms with Crippen LogP contribution in [0.15, 0.2) is 121 Å². The molecule has 0 spiro atoms. The van der Waals surface area contributed by atoms with Gasteiger partial charge in [-0.25, -0.2) is 0 Å². The highest BCUT2D eigenvalue weighted by Gasteiger charge is 2.38. The SMILES string of the molecule is CCO[Si](CCP(c1ccccc1)c1ccccc1)(CCP(c1ccccc1)c1ccccc1)OCC. The number of hydrogen-bond acceptors (Lipinski definition) is 2. The van der Waals surface area contributed by atoms with Crippen molar-refractivity contribution in [3.8, 4) is 0 Å². The summed E-state index contributed by atoms with van der Waals surface area (Å²) in [7, 11) is -3.36. The fraction of sp³-hybridized carbons (Fsp3) is 0.250. The van der Waals surface area contributed by atoms with Crippen molar-refractivity contribution in [2.45, 2.75) is 25.9 Å². The first-order valence-corrected chi connectivity index (χ1v) is 18.6. The highest BCUT2D eigenvalue weighted by molar-refractivity contribution is 7.73. The van der Waals surface area contributed by atoms with Crippen LogP contribution in [0.2, 0.25) is 12.1 Å². The van der Waals surface area contributed by atoms with Crippen LogP contribution in [0.25, 0.3) is 0 Å². The highest BCUT2D eigenvalue weighted by Crippen LogP contribution is 2.40. The summed E-state index contributed by atoms with van der Waals surface area (Å²) in [4.78, 5) is 0.